The standard InChI is InChI=1S/C33H44N4O10/c1-18(6-9-25-20(3)14-24(21(4)44-25)35-27(38)11-8-19(2)32-34-22(5)46-36-32)7-10-26-31(42)33(17-43-33)16-23(45-26)15-30(41)47-37-28(39)12-13-29(37)40/h6-8,10-11,19-21,23-26,31,42H,9,12-17H2,1-5H3,(H,35,38)/b10-7+,11-8-,18-6+/t19?,20-,21+,23+,24+,25-,26+,31+,33+/m0/s1. The average Bonchev–Trinajstić information content (AvgIpc) is 3.55. The van der Waals surface area contributed by atoms with Gasteiger partial charge < -0.3 is 34.0 Å². The molecule has 1 spiro atoms. The minimum absolute atomic E-state index is 0.0146. The second-order valence-corrected chi connectivity index (χ2v) is 13.0. The number of allylic oxidation sites excluding steroid dienone is 3. The van der Waals surface area contributed by atoms with Crippen LogP contribution in [0, 0.1) is 12.8 Å². The molecule has 1 unspecified atom stereocenters. The second kappa shape index (κ2) is 14.6. The van der Waals surface area contributed by atoms with Gasteiger partial charge in [0.2, 0.25) is 11.8 Å². The Bertz CT molecular complexity index is 1420. The highest BCUT2D eigenvalue weighted by Crippen LogP contribution is 2.43. The fourth-order valence-corrected chi connectivity index (χ4v) is 6.16. The molecule has 4 aliphatic rings. The smallest absolute Gasteiger partial charge is 0.335 e. The number of hydroxylamine groups is 2. The van der Waals surface area contributed by atoms with Crippen LogP contribution in [0.15, 0.2) is 40.5 Å². The van der Waals surface area contributed by atoms with Crippen molar-refractivity contribution in [3.63, 3.8) is 0 Å². The van der Waals surface area contributed by atoms with E-state index in [1.165, 1.54) is 6.08 Å². The zero-order valence-electron chi connectivity index (χ0n) is 27.4. The number of aliphatic hydroxyl groups is 1. The summed E-state index contributed by atoms with van der Waals surface area (Å²) in [6.07, 6.45) is 7.96. The molecule has 0 bridgehead atoms. The molecule has 14 nitrogen and oxygen atoms in total. The molecule has 4 saturated heterocycles. The fourth-order valence-electron chi connectivity index (χ4n) is 6.16. The maximum atomic E-state index is 12.6. The van der Waals surface area contributed by atoms with Crippen molar-refractivity contribution in [1.29, 1.82) is 0 Å². The van der Waals surface area contributed by atoms with Gasteiger partial charge in [0.25, 0.3) is 11.8 Å². The molecular weight excluding hydrogens is 612 g/mol. The van der Waals surface area contributed by atoms with Crippen molar-refractivity contribution in [2.75, 3.05) is 6.61 Å². The van der Waals surface area contributed by atoms with E-state index in [2.05, 4.69) is 28.5 Å². The molecule has 0 saturated carbocycles. The summed E-state index contributed by atoms with van der Waals surface area (Å²) in [5, 5.41) is 18.4. The maximum absolute atomic E-state index is 12.6. The SMILES string of the molecule is CC(/C=C/[C@H]1O[C@H](CC(=O)ON2C(=O)CCC2=O)C[C@@]2(CO2)[C@@H]1O)=C\C[C@@H]1O[C@H](C)[C@H](NC(=O)/C=C\C(C)c2noc(C)n2)C[C@@H]1C. The van der Waals surface area contributed by atoms with Crippen LogP contribution in [0.4, 0.5) is 0 Å². The van der Waals surface area contributed by atoms with E-state index < -0.39 is 41.7 Å². The summed E-state index contributed by atoms with van der Waals surface area (Å²) < 4.78 is 22.9. The lowest BCUT2D eigenvalue weighted by atomic mass is 9.87. The number of aromatic nitrogens is 2. The predicted molar refractivity (Wildman–Crippen MR) is 164 cm³/mol. The van der Waals surface area contributed by atoms with Crippen LogP contribution in [0.25, 0.3) is 0 Å². The third kappa shape index (κ3) is 8.61. The Morgan fingerprint density at radius 3 is 2.57 bits per heavy atom. The van der Waals surface area contributed by atoms with Gasteiger partial charge in [-0.3, -0.25) is 14.4 Å². The number of carbonyl (C=O) groups excluding carboxylic acids is 4. The Labute approximate surface area is 273 Å². The monoisotopic (exact) mass is 656 g/mol. The molecule has 1 aromatic rings. The summed E-state index contributed by atoms with van der Waals surface area (Å²) in [5.74, 6) is -1.02. The first-order chi connectivity index (χ1) is 22.3. The number of imide groups is 1. The Morgan fingerprint density at radius 2 is 1.91 bits per heavy atom. The molecule has 14 heteroatoms. The zero-order valence-corrected chi connectivity index (χ0v) is 27.4. The molecule has 0 aliphatic carbocycles. The lowest BCUT2D eigenvalue weighted by Gasteiger charge is -2.39. The quantitative estimate of drug-likeness (QED) is 0.154. The average molecular weight is 657 g/mol. The Morgan fingerprint density at radius 1 is 1.19 bits per heavy atom. The molecule has 9 atom stereocenters. The molecular formula is C33H44N4O10. The van der Waals surface area contributed by atoms with E-state index in [0.717, 1.165) is 12.0 Å². The first-order valence-corrected chi connectivity index (χ1v) is 16.2. The molecule has 5 rings (SSSR count). The first kappa shape index (κ1) is 34.6. The number of aliphatic hydroxyl groups excluding tert-OH is 1. The predicted octanol–water partition coefficient (Wildman–Crippen LogP) is 2.51. The van der Waals surface area contributed by atoms with Crippen LogP contribution < -0.4 is 5.32 Å². The zero-order chi connectivity index (χ0) is 33.9. The minimum Gasteiger partial charge on any atom is -0.387 e. The summed E-state index contributed by atoms with van der Waals surface area (Å²) in [4.78, 5) is 57.9. The van der Waals surface area contributed by atoms with Crippen molar-refractivity contribution in [3.8, 4) is 0 Å². The van der Waals surface area contributed by atoms with Gasteiger partial charge in [0.1, 0.15) is 17.8 Å². The highest BCUT2D eigenvalue weighted by molar-refractivity contribution is 6.01. The van der Waals surface area contributed by atoms with Crippen molar-refractivity contribution in [2.24, 2.45) is 5.92 Å². The summed E-state index contributed by atoms with van der Waals surface area (Å²) >= 11 is 0. The topological polar surface area (TPSA) is 183 Å². The van der Waals surface area contributed by atoms with Gasteiger partial charge >= 0.3 is 5.97 Å². The summed E-state index contributed by atoms with van der Waals surface area (Å²) in [6.45, 7) is 9.96. The van der Waals surface area contributed by atoms with Crippen molar-refractivity contribution < 1.29 is 47.9 Å². The lowest BCUT2D eigenvalue weighted by molar-refractivity contribution is -0.202. The molecule has 2 N–H and O–H groups in total. The van der Waals surface area contributed by atoms with Gasteiger partial charge in [-0.2, -0.15) is 4.98 Å². The van der Waals surface area contributed by atoms with Crippen LogP contribution in [-0.2, 0) is 38.2 Å². The van der Waals surface area contributed by atoms with Crippen LogP contribution in [0.3, 0.4) is 0 Å². The summed E-state index contributed by atoms with van der Waals surface area (Å²) in [6, 6.07) is -0.130. The van der Waals surface area contributed by atoms with E-state index >= 15 is 0 Å². The third-order valence-corrected chi connectivity index (χ3v) is 9.13. The van der Waals surface area contributed by atoms with Gasteiger partial charge in [0.15, 0.2) is 5.82 Å². The van der Waals surface area contributed by atoms with E-state index in [1.807, 2.05) is 26.8 Å². The molecule has 3 amide bonds. The van der Waals surface area contributed by atoms with Crippen LogP contribution in [0.1, 0.15) is 83.9 Å². The number of epoxide rings is 1. The number of rotatable bonds is 11. The van der Waals surface area contributed by atoms with Crippen molar-refractivity contribution in [2.45, 2.75) is 121 Å². The van der Waals surface area contributed by atoms with Gasteiger partial charge in [-0.25, -0.2) is 4.79 Å². The number of nitrogens with one attached hydrogen (secondary N) is 1. The largest absolute Gasteiger partial charge is 0.387 e. The minimum atomic E-state index is -0.920. The number of hydrogen-bond donors (Lipinski definition) is 2. The number of amides is 3. The molecule has 4 fully saturated rings. The Kier molecular flexibility index (Phi) is 10.7. The van der Waals surface area contributed by atoms with Crippen molar-refractivity contribution in [1.82, 2.24) is 20.5 Å². The van der Waals surface area contributed by atoms with Crippen molar-refractivity contribution in [3.05, 3.63) is 47.7 Å². The van der Waals surface area contributed by atoms with E-state index in [0.29, 0.717) is 29.8 Å². The summed E-state index contributed by atoms with van der Waals surface area (Å²) in [7, 11) is 0. The Hall–Kier alpha value is -3.72. The van der Waals surface area contributed by atoms with Crippen molar-refractivity contribution >= 4 is 23.7 Å². The maximum Gasteiger partial charge on any atom is 0.335 e. The van der Waals surface area contributed by atoms with Crippen LogP contribution in [-0.4, -0.2) is 92.8 Å². The molecule has 0 radical (unpaired) electrons. The number of carbonyl (C=O) groups is 4. The van der Waals surface area contributed by atoms with Crippen LogP contribution in [0.5, 0.6) is 0 Å². The lowest BCUT2D eigenvalue weighted by Crippen LogP contribution is -2.50. The molecule has 47 heavy (non-hydrogen) atoms. The van der Waals surface area contributed by atoms with E-state index in [4.69, 9.17) is 23.6 Å². The van der Waals surface area contributed by atoms with E-state index in [-0.39, 0.29) is 61.7 Å². The van der Waals surface area contributed by atoms with Crippen LogP contribution in [0.2, 0.25) is 0 Å². The van der Waals surface area contributed by atoms with E-state index in [9.17, 15) is 24.3 Å². The molecule has 4 aliphatic heterocycles. The second-order valence-electron chi connectivity index (χ2n) is 13.0. The van der Waals surface area contributed by atoms with Crippen LogP contribution >= 0.6 is 0 Å². The molecule has 0 aromatic carbocycles. The third-order valence-electron chi connectivity index (χ3n) is 9.13. The Balaban J connectivity index is 1.09. The van der Waals surface area contributed by atoms with Gasteiger partial charge in [-0.15, -0.1) is 5.06 Å². The van der Waals surface area contributed by atoms with Gasteiger partial charge in [0.05, 0.1) is 37.4 Å². The number of nitrogens with zero attached hydrogens (tertiary/aromatic N) is 3. The van der Waals surface area contributed by atoms with E-state index in [1.54, 1.807) is 19.1 Å². The molecule has 256 valence electrons. The normalized spacial score (nSPS) is 33.6. The number of ether oxygens (including phenoxy) is 3. The first-order valence-electron chi connectivity index (χ1n) is 16.2. The highest BCUT2D eigenvalue weighted by Gasteiger charge is 2.58. The number of hydrogen-bond acceptors (Lipinski definition) is 12. The molecule has 1 aromatic heterocycles. The number of aryl methyl sites for hydroxylation is 1. The fraction of sp³-hybridized carbons (Fsp3) is 0.636. The highest BCUT2D eigenvalue weighted by atomic mass is 16.7. The summed E-state index contributed by atoms with van der Waals surface area (Å²) in [5.41, 5.74) is 0.137. The van der Waals surface area contributed by atoms with Gasteiger partial charge in [0, 0.05) is 32.1 Å². The molecule has 5 heterocycles. The van der Waals surface area contributed by atoms with Gasteiger partial charge in [-0.05, 0) is 38.7 Å². The van der Waals surface area contributed by atoms with Gasteiger partial charge in [-0.1, -0.05) is 48.9 Å².